The first kappa shape index (κ1) is 25.8. The average molecular weight is 528 g/mol. The topological polar surface area (TPSA) is 146 Å². The number of hydrogen-bond acceptors (Lipinski definition) is 9. The van der Waals surface area contributed by atoms with Gasteiger partial charge in [0.15, 0.2) is 6.79 Å². The van der Waals surface area contributed by atoms with Gasteiger partial charge in [0.25, 0.3) is 7.82 Å². The Morgan fingerprint density at radius 1 is 1.31 bits per heavy atom. The predicted octanol–water partition coefficient (Wildman–Crippen LogP) is 3.56. The fourth-order valence-corrected chi connectivity index (χ4v) is 4.95. The fraction of sp³-hybridized carbons (Fsp3) is 0.217. The van der Waals surface area contributed by atoms with Crippen LogP contribution in [0.1, 0.15) is 29.0 Å². The summed E-state index contributed by atoms with van der Waals surface area (Å²) in [5.41, 5.74) is 0.499. The Bertz CT molecular complexity index is 1400. The lowest BCUT2D eigenvalue weighted by atomic mass is 9.81. The van der Waals surface area contributed by atoms with Crippen molar-refractivity contribution in [3.63, 3.8) is 0 Å². The normalized spacial score (nSPS) is 15.5. The standard InChI is InChI=1S/C23H21FN5O5PS/c1-16(22-28-21(11-36-22)18-8-6-17(10-25)7-9-18)23(12-29-14-26-13-27-29,33-15-34-35(30,31)32)19-4-2-3-5-20(19)24/h2-9,11,13-14,16H,12,15H2,1H3,(H2,30,31,32)/p-1/t16-,23+/m0/s1. The van der Waals surface area contributed by atoms with E-state index in [0.717, 1.165) is 5.56 Å². The number of nitriles is 1. The summed E-state index contributed by atoms with van der Waals surface area (Å²) < 4.78 is 38.3. The third kappa shape index (κ3) is 5.74. The van der Waals surface area contributed by atoms with Gasteiger partial charge in [-0.15, -0.1) is 11.3 Å². The first-order chi connectivity index (χ1) is 17.2. The molecule has 0 spiro atoms. The smallest absolute Gasteiger partial charge is 0.267 e. The van der Waals surface area contributed by atoms with Crippen LogP contribution in [0.15, 0.2) is 66.6 Å². The first-order valence-electron chi connectivity index (χ1n) is 10.6. The third-order valence-electron chi connectivity index (χ3n) is 5.63. The Hall–Kier alpha value is -3.30. The molecule has 1 unspecified atom stereocenters. The molecule has 2 heterocycles. The number of benzene rings is 2. The van der Waals surface area contributed by atoms with Crippen molar-refractivity contribution in [1.29, 1.82) is 5.26 Å². The van der Waals surface area contributed by atoms with Crippen molar-refractivity contribution in [1.82, 2.24) is 19.7 Å². The molecule has 0 aliphatic rings. The van der Waals surface area contributed by atoms with Crippen LogP contribution in [0.5, 0.6) is 0 Å². The Balaban J connectivity index is 1.78. The highest BCUT2D eigenvalue weighted by Gasteiger charge is 2.44. The predicted molar refractivity (Wildman–Crippen MR) is 126 cm³/mol. The lowest BCUT2D eigenvalue weighted by Crippen LogP contribution is -2.41. The number of nitrogens with zero attached hydrogens (tertiary/aromatic N) is 5. The molecular formula is C23H20FN5O5PS-. The lowest BCUT2D eigenvalue weighted by molar-refractivity contribution is -0.236. The summed E-state index contributed by atoms with van der Waals surface area (Å²) in [5.74, 6) is -1.24. The van der Waals surface area contributed by atoms with Crippen LogP contribution in [0.4, 0.5) is 4.39 Å². The molecule has 186 valence electrons. The van der Waals surface area contributed by atoms with Gasteiger partial charge < -0.3 is 14.5 Å². The molecule has 1 N–H and O–H groups in total. The fourth-order valence-electron chi connectivity index (χ4n) is 3.80. The molecule has 0 saturated carbocycles. The van der Waals surface area contributed by atoms with Gasteiger partial charge in [0.05, 0.1) is 28.9 Å². The molecule has 13 heteroatoms. The van der Waals surface area contributed by atoms with Gasteiger partial charge in [-0.05, 0) is 18.2 Å². The van der Waals surface area contributed by atoms with Crippen molar-refractivity contribution in [2.75, 3.05) is 6.79 Å². The zero-order chi connectivity index (χ0) is 25.8. The Morgan fingerprint density at radius 2 is 2.06 bits per heavy atom. The van der Waals surface area contributed by atoms with Crippen LogP contribution in [0.3, 0.4) is 0 Å². The highest BCUT2D eigenvalue weighted by Crippen LogP contribution is 2.45. The molecule has 0 amide bonds. The largest absolute Gasteiger partial charge is 0.756 e. The van der Waals surface area contributed by atoms with E-state index in [1.165, 1.54) is 46.9 Å². The summed E-state index contributed by atoms with van der Waals surface area (Å²) in [7, 11) is -5.11. The van der Waals surface area contributed by atoms with Crippen molar-refractivity contribution < 1.29 is 28.0 Å². The summed E-state index contributed by atoms with van der Waals surface area (Å²) in [4.78, 5) is 29.0. The maximum absolute atomic E-state index is 15.2. The van der Waals surface area contributed by atoms with Crippen LogP contribution < -0.4 is 4.89 Å². The molecule has 0 radical (unpaired) electrons. The van der Waals surface area contributed by atoms with E-state index in [1.54, 1.807) is 37.3 Å². The number of thiazole rings is 1. The second kappa shape index (κ2) is 10.8. The minimum absolute atomic E-state index is 0.0706. The molecule has 0 aliphatic carbocycles. The summed E-state index contributed by atoms with van der Waals surface area (Å²) in [6.07, 6.45) is 2.72. The Kier molecular flexibility index (Phi) is 7.70. The molecule has 0 aliphatic heterocycles. The maximum Gasteiger partial charge on any atom is 0.267 e. The number of phosphoric acid groups is 1. The quantitative estimate of drug-likeness (QED) is 0.241. The molecule has 2 aromatic heterocycles. The van der Waals surface area contributed by atoms with Crippen molar-refractivity contribution in [2.24, 2.45) is 0 Å². The second-order valence-corrected chi connectivity index (χ2v) is 9.89. The van der Waals surface area contributed by atoms with E-state index < -0.39 is 32.0 Å². The number of hydrogen-bond donors (Lipinski definition) is 1. The molecule has 10 nitrogen and oxygen atoms in total. The van der Waals surface area contributed by atoms with Gasteiger partial charge in [-0.2, -0.15) is 10.4 Å². The molecule has 0 fully saturated rings. The van der Waals surface area contributed by atoms with E-state index in [2.05, 4.69) is 20.7 Å². The molecule has 0 saturated heterocycles. The van der Waals surface area contributed by atoms with Gasteiger partial charge in [0, 0.05) is 22.4 Å². The summed E-state index contributed by atoms with van der Waals surface area (Å²) >= 11 is 1.31. The SMILES string of the molecule is C[C@@H](c1nc(-c2ccc(C#N)cc2)cs1)[C@@](Cn1cncn1)(OCOP(=O)([O-])O)c1ccccc1F. The highest BCUT2D eigenvalue weighted by molar-refractivity contribution is 7.44. The first-order valence-corrected chi connectivity index (χ1v) is 12.9. The third-order valence-corrected chi connectivity index (χ3v) is 7.09. The number of ether oxygens (including phenoxy) is 1. The molecule has 36 heavy (non-hydrogen) atoms. The van der Waals surface area contributed by atoms with Crippen LogP contribution in [0, 0.1) is 17.1 Å². The van der Waals surface area contributed by atoms with Gasteiger partial charge in [-0.3, -0.25) is 9.09 Å². The van der Waals surface area contributed by atoms with Gasteiger partial charge in [-0.25, -0.2) is 19.0 Å². The number of halogens is 1. The van der Waals surface area contributed by atoms with Crippen LogP contribution in [-0.4, -0.2) is 31.4 Å². The molecule has 4 aromatic rings. The van der Waals surface area contributed by atoms with Crippen LogP contribution >= 0.6 is 19.2 Å². The van der Waals surface area contributed by atoms with Crippen molar-refractivity contribution in [2.45, 2.75) is 25.0 Å². The van der Waals surface area contributed by atoms with Gasteiger partial charge in [-0.1, -0.05) is 37.3 Å². The van der Waals surface area contributed by atoms with Gasteiger partial charge in [0.2, 0.25) is 0 Å². The summed E-state index contributed by atoms with van der Waals surface area (Å²) in [6.45, 7) is 0.817. The zero-order valence-corrected chi connectivity index (χ0v) is 20.6. The summed E-state index contributed by atoms with van der Waals surface area (Å²) in [5, 5.41) is 15.5. The minimum Gasteiger partial charge on any atom is -0.756 e. The highest BCUT2D eigenvalue weighted by atomic mass is 32.1. The van der Waals surface area contributed by atoms with E-state index in [-0.39, 0.29) is 12.1 Å². The van der Waals surface area contributed by atoms with E-state index in [4.69, 9.17) is 19.9 Å². The minimum atomic E-state index is -5.11. The summed E-state index contributed by atoms with van der Waals surface area (Å²) in [6, 6.07) is 14.9. The van der Waals surface area contributed by atoms with E-state index in [0.29, 0.717) is 16.3 Å². The van der Waals surface area contributed by atoms with Crippen molar-refractivity contribution in [3.05, 3.63) is 88.5 Å². The number of aromatic nitrogens is 4. The molecule has 4 rings (SSSR count). The Morgan fingerprint density at radius 3 is 2.69 bits per heavy atom. The average Bonchev–Trinajstić information content (AvgIpc) is 3.55. The van der Waals surface area contributed by atoms with Gasteiger partial charge in [0.1, 0.15) is 24.1 Å². The molecule has 3 atom stereocenters. The number of phosphoric ester groups is 1. The Labute approximate surface area is 209 Å². The van der Waals surface area contributed by atoms with E-state index >= 15 is 4.39 Å². The van der Waals surface area contributed by atoms with Crippen LogP contribution in [0.25, 0.3) is 11.3 Å². The molecule has 0 bridgehead atoms. The van der Waals surface area contributed by atoms with Crippen LogP contribution in [-0.2, 0) is 26.0 Å². The zero-order valence-electron chi connectivity index (χ0n) is 18.9. The van der Waals surface area contributed by atoms with Crippen LogP contribution in [0.2, 0.25) is 0 Å². The lowest BCUT2D eigenvalue weighted by Gasteiger charge is -2.39. The van der Waals surface area contributed by atoms with E-state index in [1.807, 2.05) is 5.38 Å². The molecular weight excluding hydrogens is 508 g/mol. The monoisotopic (exact) mass is 528 g/mol. The molecule has 2 aromatic carbocycles. The van der Waals surface area contributed by atoms with Crippen molar-refractivity contribution in [3.8, 4) is 17.3 Å². The van der Waals surface area contributed by atoms with E-state index in [9.17, 15) is 9.46 Å². The number of rotatable bonds is 10. The van der Waals surface area contributed by atoms with Gasteiger partial charge >= 0.3 is 0 Å². The van der Waals surface area contributed by atoms with Crippen molar-refractivity contribution >= 4 is 19.2 Å². The second-order valence-electron chi connectivity index (χ2n) is 7.80. The maximum atomic E-state index is 15.2.